The second-order valence-electron chi connectivity index (χ2n) is 2.16. The minimum atomic E-state index is -0.503. The molecule has 0 bridgehead atoms. The van der Waals surface area contributed by atoms with Gasteiger partial charge >= 0.3 is 5.69 Å². The van der Waals surface area contributed by atoms with E-state index in [1.54, 1.807) is 6.92 Å². The largest absolute Gasteiger partial charge is 0.486 e. The van der Waals surface area contributed by atoms with Gasteiger partial charge in [-0.05, 0) is 22.9 Å². The molecule has 0 N–H and O–H groups in total. The molecule has 0 atom stereocenters. The van der Waals surface area contributed by atoms with E-state index >= 15 is 0 Å². The smallest absolute Gasteiger partial charge is 0.328 e. The number of ether oxygens (including phenoxy) is 1. The molecule has 13 heavy (non-hydrogen) atoms. The van der Waals surface area contributed by atoms with Crippen LogP contribution in [0.15, 0.2) is 16.9 Å². The van der Waals surface area contributed by atoms with E-state index in [4.69, 9.17) is 4.74 Å². The molecule has 1 heterocycles. The van der Waals surface area contributed by atoms with Crippen molar-refractivity contribution in [1.82, 2.24) is 4.98 Å². The Morgan fingerprint density at radius 2 is 2.38 bits per heavy atom. The molecule has 1 rings (SSSR count). The average molecular weight is 247 g/mol. The predicted octanol–water partition coefficient (Wildman–Crippen LogP) is 2.15. The highest BCUT2D eigenvalue weighted by molar-refractivity contribution is 9.10. The Hall–Kier alpha value is -1.17. The highest BCUT2D eigenvalue weighted by Crippen LogP contribution is 2.33. The second-order valence-corrected chi connectivity index (χ2v) is 3.01. The molecule has 0 aromatic carbocycles. The first-order chi connectivity index (χ1) is 6.16. The van der Waals surface area contributed by atoms with Crippen molar-refractivity contribution in [2.75, 3.05) is 6.61 Å². The van der Waals surface area contributed by atoms with Crippen LogP contribution in [-0.4, -0.2) is 16.5 Å². The summed E-state index contributed by atoms with van der Waals surface area (Å²) >= 11 is 3.03. The van der Waals surface area contributed by atoms with Crippen molar-refractivity contribution in [2.45, 2.75) is 6.92 Å². The van der Waals surface area contributed by atoms with Gasteiger partial charge in [-0.25, -0.2) is 0 Å². The van der Waals surface area contributed by atoms with Crippen molar-refractivity contribution >= 4 is 21.6 Å². The Labute approximate surface area is 83.0 Å². The summed E-state index contributed by atoms with van der Waals surface area (Å²) in [5.74, 6) is 0.182. The van der Waals surface area contributed by atoms with Crippen LogP contribution in [0.25, 0.3) is 0 Å². The van der Waals surface area contributed by atoms with E-state index in [9.17, 15) is 10.1 Å². The van der Waals surface area contributed by atoms with Gasteiger partial charge in [0.2, 0.25) is 5.75 Å². The van der Waals surface area contributed by atoms with Crippen molar-refractivity contribution in [3.63, 3.8) is 0 Å². The lowest BCUT2D eigenvalue weighted by Crippen LogP contribution is -1.98. The molecule has 1 aromatic rings. The van der Waals surface area contributed by atoms with Gasteiger partial charge in [0, 0.05) is 6.20 Å². The van der Waals surface area contributed by atoms with Gasteiger partial charge in [0.25, 0.3) is 0 Å². The highest BCUT2D eigenvalue weighted by Gasteiger charge is 2.19. The lowest BCUT2D eigenvalue weighted by atomic mass is 10.4. The van der Waals surface area contributed by atoms with E-state index in [-0.39, 0.29) is 11.4 Å². The Morgan fingerprint density at radius 3 is 2.92 bits per heavy atom. The molecule has 0 radical (unpaired) electrons. The summed E-state index contributed by atoms with van der Waals surface area (Å²) in [6, 6.07) is 0. The van der Waals surface area contributed by atoms with Crippen LogP contribution in [0.1, 0.15) is 6.92 Å². The first-order valence-electron chi connectivity index (χ1n) is 3.57. The van der Waals surface area contributed by atoms with Crippen molar-refractivity contribution in [2.24, 2.45) is 0 Å². The zero-order valence-electron chi connectivity index (χ0n) is 6.86. The summed E-state index contributed by atoms with van der Waals surface area (Å²) in [5.41, 5.74) is -0.0862. The lowest BCUT2D eigenvalue weighted by molar-refractivity contribution is -0.386. The van der Waals surface area contributed by atoms with Crippen LogP contribution >= 0.6 is 15.9 Å². The van der Waals surface area contributed by atoms with Crippen LogP contribution < -0.4 is 4.74 Å². The molecule has 0 amide bonds. The molecular weight excluding hydrogens is 240 g/mol. The Balaban J connectivity index is 3.17. The van der Waals surface area contributed by atoms with Gasteiger partial charge in [-0.3, -0.25) is 15.1 Å². The topological polar surface area (TPSA) is 65.3 Å². The monoisotopic (exact) mass is 246 g/mol. The number of pyridine rings is 1. The fourth-order valence-electron chi connectivity index (χ4n) is 0.849. The highest BCUT2D eigenvalue weighted by atomic mass is 79.9. The van der Waals surface area contributed by atoms with Crippen molar-refractivity contribution in [1.29, 1.82) is 0 Å². The summed E-state index contributed by atoms with van der Waals surface area (Å²) in [5, 5.41) is 10.6. The molecule has 0 spiro atoms. The van der Waals surface area contributed by atoms with Crippen molar-refractivity contribution in [3.05, 3.63) is 27.0 Å². The molecule has 0 aliphatic rings. The third-order valence-electron chi connectivity index (χ3n) is 1.32. The Bertz CT molecular complexity index is 330. The molecule has 0 saturated heterocycles. The number of rotatable bonds is 3. The van der Waals surface area contributed by atoms with Crippen LogP contribution in [0, 0.1) is 10.1 Å². The lowest BCUT2D eigenvalue weighted by Gasteiger charge is -2.03. The van der Waals surface area contributed by atoms with Crippen LogP contribution in [0.2, 0.25) is 0 Å². The van der Waals surface area contributed by atoms with Gasteiger partial charge in [0.1, 0.15) is 4.47 Å². The van der Waals surface area contributed by atoms with Crippen LogP contribution in [-0.2, 0) is 0 Å². The molecule has 0 unspecified atom stereocenters. The van der Waals surface area contributed by atoms with Gasteiger partial charge in [0.15, 0.2) is 0 Å². The second kappa shape index (κ2) is 4.18. The number of hydrogen-bond acceptors (Lipinski definition) is 4. The maximum Gasteiger partial charge on any atom is 0.328 e. The standard InChI is InChI=1S/C7H7BrN2O3/c1-2-13-6-4-9-3-5(8)7(6)10(11)12/h3-4H,2H2,1H3. The molecule has 0 aliphatic carbocycles. The fraction of sp³-hybridized carbons (Fsp3) is 0.286. The molecule has 0 saturated carbocycles. The van der Waals surface area contributed by atoms with Gasteiger partial charge in [-0.2, -0.15) is 0 Å². The molecule has 6 heteroatoms. The number of nitro groups is 1. The maximum absolute atomic E-state index is 10.6. The number of hydrogen-bond donors (Lipinski definition) is 0. The van der Waals surface area contributed by atoms with Crippen LogP contribution in [0.3, 0.4) is 0 Å². The van der Waals surface area contributed by atoms with E-state index in [0.717, 1.165) is 0 Å². The quantitative estimate of drug-likeness (QED) is 0.606. The van der Waals surface area contributed by atoms with Gasteiger partial charge < -0.3 is 4.74 Å². The summed E-state index contributed by atoms with van der Waals surface area (Å²) in [4.78, 5) is 13.9. The predicted molar refractivity (Wildman–Crippen MR) is 49.8 cm³/mol. The summed E-state index contributed by atoms with van der Waals surface area (Å²) < 4.78 is 5.37. The summed E-state index contributed by atoms with van der Waals surface area (Å²) in [6.07, 6.45) is 2.69. The third-order valence-corrected chi connectivity index (χ3v) is 1.90. The van der Waals surface area contributed by atoms with E-state index in [0.29, 0.717) is 11.1 Å². The van der Waals surface area contributed by atoms with E-state index in [2.05, 4.69) is 20.9 Å². The number of nitrogens with zero attached hydrogens (tertiary/aromatic N) is 2. The van der Waals surface area contributed by atoms with Gasteiger partial charge in [0.05, 0.1) is 17.7 Å². The molecule has 0 aliphatic heterocycles. The zero-order valence-corrected chi connectivity index (χ0v) is 8.44. The Kier molecular flexibility index (Phi) is 3.18. The van der Waals surface area contributed by atoms with E-state index < -0.39 is 4.92 Å². The van der Waals surface area contributed by atoms with Gasteiger partial charge in [-0.1, -0.05) is 0 Å². The molecule has 5 nitrogen and oxygen atoms in total. The first-order valence-corrected chi connectivity index (χ1v) is 4.36. The molecule has 1 aromatic heterocycles. The van der Waals surface area contributed by atoms with Crippen LogP contribution in [0.5, 0.6) is 5.75 Å². The number of halogens is 1. The summed E-state index contributed by atoms with van der Waals surface area (Å²) in [7, 11) is 0. The van der Waals surface area contributed by atoms with E-state index in [1.807, 2.05) is 0 Å². The molecule has 70 valence electrons. The Morgan fingerprint density at radius 1 is 1.69 bits per heavy atom. The molecular formula is C7H7BrN2O3. The van der Waals surface area contributed by atoms with Gasteiger partial charge in [-0.15, -0.1) is 0 Å². The van der Waals surface area contributed by atoms with Crippen LogP contribution in [0.4, 0.5) is 5.69 Å². The van der Waals surface area contributed by atoms with Crippen molar-refractivity contribution < 1.29 is 9.66 Å². The van der Waals surface area contributed by atoms with Crippen molar-refractivity contribution in [3.8, 4) is 5.75 Å². The minimum Gasteiger partial charge on any atom is -0.486 e. The van der Waals surface area contributed by atoms with E-state index in [1.165, 1.54) is 12.4 Å². The molecule has 0 fully saturated rings. The third kappa shape index (κ3) is 2.15. The zero-order chi connectivity index (χ0) is 9.84. The fourth-order valence-corrected chi connectivity index (χ4v) is 1.31. The number of aromatic nitrogens is 1. The minimum absolute atomic E-state index is 0.0862. The normalized spacial score (nSPS) is 9.69. The maximum atomic E-state index is 10.6. The average Bonchev–Trinajstić information content (AvgIpc) is 2.04. The first kappa shape index (κ1) is 9.91. The summed E-state index contributed by atoms with van der Waals surface area (Å²) in [6.45, 7) is 2.13. The SMILES string of the molecule is CCOc1cncc(Br)c1[N+](=O)[O-].